The summed E-state index contributed by atoms with van der Waals surface area (Å²) in [7, 11) is 2.61. The fourth-order valence-electron chi connectivity index (χ4n) is 1.55. The summed E-state index contributed by atoms with van der Waals surface area (Å²) in [6.45, 7) is 3.95. The summed E-state index contributed by atoms with van der Waals surface area (Å²) in [6, 6.07) is 0. The van der Waals surface area contributed by atoms with Gasteiger partial charge in [-0.3, -0.25) is 0 Å². The van der Waals surface area contributed by atoms with E-state index in [1.54, 1.807) is 0 Å². The Kier molecular flexibility index (Phi) is 3.01. The Morgan fingerprint density at radius 3 is 2.62 bits per heavy atom. The van der Waals surface area contributed by atoms with Gasteiger partial charge in [0, 0.05) is 11.6 Å². The second-order valence-electron chi connectivity index (χ2n) is 3.90. The van der Waals surface area contributed by atoms with E-state index in [9.17, 15) is 5.11 Å². The Labute approximate surface area is 81.2 Å². The van der Waals surface area contributed by atoms with E-state index in [0.29, 0.717) is 6.42 Å². The summed E-state index contributed by atoms with van der Waals surface area (Å²) < 4.78 is 5.39. The van der Waals surface area contributed by atoms with Crippen molar-refractivity contribution in [2.75, 3.05) is 6.61 Å². The fraction of sp³-hybridized carbons (Fsp3) is 1.00. The van der Waals surface area contributed by atoms with Gasteiger partial charge in [-0.25, -0.2) is 0 Å². The third kappa shape index (κ3) is 1.88. The number of aliphatic hydroxyl groups is 1. The molecule has 0 aromatic heterocycles. The van der Waals surface area contributed by atoms with Crippen LogP contribution in [0.25, 0.3) is 0 Å². The molecule has 0 radical (unpaired) electrons. The lowest BCUT2D eigenvalue weighted by Gasteiger charge is -2.48. The molecule has 0 aromatic rings. The SMILES string of the molecule is CCC1(N)OCC(N)(O)C(C)[C@@H]1P. The zero-order chi connectivity index (χ0) is 10.3. The van der Waals surface area contributed by atoms with Crippen LogP contribution in [-0.2, 0) is 4.74 Å². The molecule has 13 heavy (non-hydrogen) atoms. The van der Waals surface area contributed by atoms with E-state index >= 15 is 0 Å². The summed E-state index contributed by atoms with van der Waals surface area (Å²) in [5, 5.41) is 9.73. The first-order valence-electron chi connectivity index (χ1n) is 4.53. The van der Waals surface area contributed by atoms with Gasteiger partial charge in [-0.1, -0.05) is 13.8 Å². The van der Waals surface area contributed by atoms with Crippen LogP contribution in [0, 0.1) is 5.92 Å². The van der Waals surface area contributed by atoms with Gasteiger partial charge in [0.15, 0.2) is 0 Å². The maximum Gasteiger partial charge on any atom is 0.140 e. The van der Waals surface area contributed by atoms with E-state index in [4.69, 9.17) is 16.2 Å². The zero-order valence-electron chi connectivity index (χ0n) is 8.16. The van der Waals surface area contributed by atoms with Crippen LogP contribution in [0.4, 0.5) is 0 Å². The third-order valence-electron chi connectivity index (χ3n) is 3.02. The van der Waals surface area contributed by atoms with E-state index in [1.165, 1.54) is 0 Å². The molecule has 5 heteroatoms. The van der Waals surface area contributed by atoms with Crippen LogP contribution in [0.1, 0.15) is 20.3 Å². The van der Waals surface area contributed by atoms with Crippen molar-refractivity contribution >= 4 is 9.24 Å². The van der Waals surface area contributed by atoms with Gasteiger partial charge >= 0.3 is 0 Å². The van der Waals surface area contributed by atoms with Crippen molar-refractivity contribution in [3.63, 3.8) is 0 Å². The van der Waals surface area contributed by atoms with E-state index in [0.717, 1.165) is 0 Å². The summed E-state index contributed by atoms with van der Waals surface area (Å²) in [6.07, 6.45) is 0.710. The molecule has 1 saturated heterocycles. The highest BCUT2D eigenvalue weighted by molar-refractivity contribution is 7.17. The van der Waals surface area contributed by atoms with Crippen molar-refractivity contribution in [2.24, 2.45) is 17.4 Å². The van der Waals surface area contributed by atoms with Crippen LogP contribution in [0.5, 0.6) is 0 Å². The molecular formula is C8H19N2O2P. The van der Waals surface area contributed by atoms with Crippen molar-refractivity contribution < 1.29 is 9.84 Å². The molecule has 1 rings (SSSR count). The maximum atomic E-state index is 9.73. The molecule has 5 atom stereocenters. The van der Waals surface area contributed by atoms with E-state index in [-0.39, 0.29) is 18.2 Å². The molecule has 0 aromatic carbocycles. The second kappa shape index (κ2) is 3.44. The quantitative estimate of drug-likeness (QED) is 0.403. The van der Waals surface area contributed by atoms with Crippen LogP contribution in [-0.4, -0.2) is 28.8 Å². The standard InChI is InChI=1S/C8H19N2O2P/c1-3-8(10)6(13)5(2)7(9,11)4-12-8/h5-6,11H,3-4,9-10,13H2,1-2H3/t5?,6-,7?,8?/m0/s1. The predicted octanol–water partition coefficient (Wildman–Crippen LogP) is -0.391. The first-order chi connectivity index (χ1) is 5.83. The predicted molar refractivity (Wildman–Crippen MR) is 55.0 cm³/mol. The van der Waals surface area contributed by atoms with Gasteiger partial charge in [0.1, 0.15) is 11.4 Å². The van der Waals surface area contributed by atoms with Gasteiger partial charge in [0.05, 0.1) is 6.61 Å². The highest BCUT2D eigenvalue weighted by Gasteiger charge is 2.48. The van der Waals surface area contributed by atoms with Crippen LogP contribution in [0.3, 0.4) is 0 Å². The Bertz CT molecular complexity index is 201. The maximum absolute atomic E-state index is 9.73. The van der Waals surface area contributed by atoms with E-state index in [2.05, 4.69) is 9.24 Å². The molecule has 1 fully saturated rings. The summed E-state index contributed by atoms with van der Waals surface area (Å²) in [4.78, 5) is 0. The Morgan fingerprint density at radius 2 is 2.15 bits per heavy atom. The number of hydrogen-bond donors (Lipinski definition) is 3. The third-order valence-corrected chi connectivity index (χ3v) is 4.16. The molecule has 0 amide bonds. The summed E-state index contributed by atoms with van der Waals surface area (Å²) in [5.41, 5.74) is 9.70. The summed E-state index contributed by atoms with van der Waals surface area (Å²) in [5.74, 6) is -0.0869. The Balaban J connectivity index is 2.82. The molecule has 1 heterocycles. The van der Waals surface area contributed by atoms with E-state index < -0.39 is 11.4 Å². The minimum atomic E-state index is -1.26. The van der Waals surface area contributed by atoms with Gasteiger partial charge in [0.25, 0.3) is 0 Å². The van der Waals surface area contributed by atoms with Gasteiger partial charge in [-0.2, -0.15) is 0 Å². The van der Waals surface area contributed by atoms with Crippen LogP contribution in [0.15, 0.2) is 0 Å². The molecule has 0 aliphatic carbocycles. The van der Waals surface area contributed by atoms with Crippen molar-refractivity contribution in [2.45, 2.75) is 37.4 Å². The van der Waals surface area contributed by atoms with Crippen LogP contribution in [0.2, 0.25) is 0 Å². The van der Waals surface area contributed by atoms with Gasteiger partial charge < -0.3 is 21.3 Å². The fourth-order valence-corrected chi connectivity index (χ4v) is 2.21. The lowest BCUT2D eigenvalue weighted by molar-refractivity contribution is -0.187. The molecule has 1 aliphatic rings. The number of rotatable bonds is 1. The zero-order valence-corrected chi connectivity index (χ0v) is 9.31. The lowest BCUT2D eigenvalue weighted by Crippen LogP contribution is -2.67. The number of ether oxygens (including phenoxy) is 1. The normalized spacial score (nSPS) is 52.2. The molecular weight excluding hydrogens is 187 g/mol. The van der Waals surface area contributed by atoms with Gasteiger partial charge in [-0.05, 0) is 6.42 Å². The topological polar surface area (TPSA) is 81.5 Å². The van der Waals surface area contributed by atoms with Crippen molar-refractivity contribution in [3.8, 4) is 0 Å². The first kappa shape index (κ1) is 11.3. The molecule has 78 valence electrons. The molecule has 4 nitrogen and oxygen atoms in total. The van der Waals surface area contributed by atoms with Crippen LogP contribution >= 0.6 is 9.24 Å². The lowest BCUT2D eigenvalue weighted by atomic mass is 9.85. The average Bonchev–Trinajstić information content (AvgIpc) is 2.10. The summed E-state index contributed by atoms with van der Waals surface area (Å²) >= 11 is 0. The van der Waals surface area contributed by atoms with Crippen LogP contribution < -0.4 is 11.5 Å². The van der Waals surface area contributed by atoms with E-state index in [1.807, 2.05) is 13.8 Å². The Morgan fingerprint density at radius 1 is 1.62 bits per heavy atom. The van der Waals surface area contributed by atoms with Gasteiger partial charge in [-0.15, -0.1) is 9.24 Å². The minimum Gasteiger partial charge on any atom is -0.373 e. The second-order valence-corrected chi connectivity index (χ2v) is 4.62. The van der Waals surface area contributed by atoms with Crippen molar-refractivity contribution in [1.82, 2.24) is 0 Å². The highest BCUT2D eigenvalue weighted by atomic mass is 31.0. The van der Waals surface area contributed by atoms with Crippen molar-refractivity contribution in [3.05, 3.63) is 0 Å². The van der Waals surface area contributed by atoms with Gasteiger partial charge in [0.2, 0.25) is 0 Å². The largest absolute Gasteiger partial charge is 0.373 e. The molecule has 0 saturated carbocycles. The molecule has 1 aliphatic heterocycles. The number of nitrogens with two attached hydrogens (primary N) is 2. The van der Waals surface area contributed by atoms with Crippen molar-refractivity contribution in [1.29, 1.82) is 0 Å². The number of hydrogen-bond acceptors (Lipinski definition) is 4. The highest BCUT2D eigenvalue weighted by Crippen LogP contribution is 2.36. The molecule has 5 N–H and O–H groups in total. The smallest absolute Gasteiger partial charge is 0.140 e. The minimum absolute atomic E-state index is 0.0266. The average molecular weight is 206 g/mol. The monoisotopic (exact) mass is 206 g/mol. The Hall–Kier alpha value is 0.270. The molecule has 0 spiro atoms. The molecule has 4 unspecified atom stereocenters. The first-order valence-corrected chi connectivity index (χ1v) is 5.20. The molecule has 0 bridgehead atoms.